The van der Waals surface area contributed by atoms with Crippen molar-refractivity contribution >= 4 is 22.9 Å². The van der Waals surface area contributed by atoms with E-state index in [1.807, 2.05) is 18.2 Å². The van der Waals surface area contributed by atoms with E-state index in [1.54, 1.807) is 49.8 Å². The number of amides is 1. The van der Waals surface area contributed by atoms with Gasteiger partial charge in [0.1, 0.15) is 0 Å². The molecule has 0 saturated carbocycles. The summed E-state index contributed by atoms with van der Waals surface area (Å²) in [5, 5.41) is 14.1. The minimum absolute atomic E-state index is 0.0419. The van der Waals surface area contributed by atoms with Gasteiger partial charge in [0.15, 0.2) is 11.5 Å². The molecule has 0 saturated heterocycles. The molecule has 3 aromatic rings. The van der Waals surface area contributed by atoms with Crippen molar-refractivity contribution in [3.05, 3.63) is 75.5 Å². The molecule has 0 fully saturated rings. The van der Waals surface area contributed by atoms with Crippen molar-refractivity contribution in [2.45, 2.75) is 12.5 Å². The number of hydrogen-bond donors (Lipinski definition) is 1. The quantitative estimate of drug-likeness (QED) is 0.630. The Kier molecular flexibility index (Phi) is 6.21. The van der Waals surface area contributed by atoms with Crippen LogP contribution in [0.5, 0.6) is 11.5 Å². The van der Waals surface area contributed by atoms with E-state index in [0.717, 1.165) is 24.3 Å². The highest BCUT2D eigenvalue weighted by atomic mass is 32.1. The molecule has 1 amide bonds. The number of fused-ring (bicyclic) bond motifs is 1. The standard InChI is InChI=1S/C24H23N3O3S/c1-29-20-12-17-8-9-27(15-23(28)26-18-6-3-5-16(11-18)14-25)24(22-7-4-10-31-22)19(17)13-21(20)30-2/h3-7,10-13,24H,8-9,15H2,1-2H3,(H,26,28)/t24-/m1/s1. The number of nitrogens with one attached hydrogen (secondary N) is 1. The van der Waals surface area contributed by atoms with Gasteiger partial charge in [0.05, 0.1) is 38.4 Å². The van der Waals surface area contributed by atoms with Crippen LogP contribution in [0.1, 0.15) is 27.6 Å². The maximum Gasteiger partial charge on any atom is 0.238 e. The van der Waals surface area contributed by atoms with Crippen LogP contribution in [0.2, 0.25) is 0 Å². The Morgan fingerprint density at radius 2 is 2.00 bits per heavy atom. The van der Waals surface area contributed by atoms with E-state index in [-0.39, 0.29) is 18.5 Å². The van der Waals surface area contributed by atoms with Gasteiger partial charge in [-0.1, -0.05) is 12.1 Å². The highest BCUT2D eigenvalue weighted by molar-refractivity contribution is 7.10. The number of ether oxygens (including phenoxy) is 2. The second-order valence-electron chi connectivity index (χ2n) is 7.29. The molecular formula is C24H23N3O3S. The summed E-state index contributed by atoms with van der Waals surface area (Å²) >= 11 is 1.67. The monoisotopic (exact) mass is 433 g/mol. The van der Waals surface area contributed by atoms with Gasteiger partial charge in [0, 0.05) is 17.1 Å². The molecule has 2 aromatic carbocycles. The summed E-state index contributed by atoms with van der Waals surface area (Å²) in [5.74, 6) is 1.29. The zero-order valence-electron chi connectivity index (χ0n) is 17.4. The van der Waals surface area contributed by atoms with Gasteiger partial charge in [-0.2, -0.15) is 5.26 Å². The van der Waals surface area contributed by atoms with Crippen molar-refractivity contribution in [1.82, 2.24) is 4.90 Å². The molecule has 1 aliphatic heterocycles. The molecule has 0 spiro atoms. The number of nitriles is 1. The number of thiophene rings is 1. The Morgan fingerprint density at radius 1 is 1.19 bits per heavy atom. The van der Waals surface area contributed by atoms with E-state index in [1.165, 1.54) is 10.4 Å². The minimum atomic E-state index is -0.111. The third-order valence-corrected chi connectivity index (χ3v) is 6.33. The summed E-state index contributed by atoms with van der Waals surface area (Å²) in [6.07, 6.45) is 0.814. The van der Waals surface area contributed by atoms with E-state index < -0.39 is 0 Å². The van der Waals surface area contributed by atoms with Crippen molar-refractivity contribution < 1.29 is 14.3 Å². The number of nitrogens with zero attached hydrogens (tertiary/aromatic N) is 2. The lowest BCUT2D eigenvalue weighted by Crippen LogP contribution is -2.40. The fourth-order valence-electron chi connectivity index (χ4n) is 4.00. The molecule has 0 unspecified atom stereocenters. The van der Waals surface area contributed by atoms with Gasteiger partial charge in [-0.25, -0.2) is 0 Å². The van der Waals surface area contributed by atoms with E-state index in [2.05, 4.69) is 27.7 Å². The third-order valence-electron chi connectivity index (χ3n) is 5.41. The van der Waals surface area contributed by atoms with Crippen molar-refractivity contribution in [2.24, 2.45) is 0 Å². The Hall–Kier alpha value is -3.34. The highest BCUT2D eigenvalue weighted by Gasteiger charge is 2.32. The predicted molar refractivity (Wildman–Crippen MR) is 121 cm³/mol. The van der Waals surface area contributed by atoms with Gasteiger partial charge >= 0.3 is 0 Å². The zero-order valence-corrected chi connectivity index (χ0v) is 18.2. The second-order valence-corrected chi connectivity index (χ2v) is 8.26. The molecule has 1 aromatic heterocycles. The maximum absolute atomic E-state index is 12.9. The second kappa shape index (κ2) is 9.21. The Balaban J connectivity index is 1.62. The van der Waals surface area contributed by atoms with Crippen LogP contribution in [0.25, 0.3) is 0 Å². The first kappa shape index (κ1) is 20.9. The average molecular weight is 434 g/mol. The van der Waals surface area contributed by atoms with E-state index >= 15 is 0 Å². The first-order valence-corrected chi connectivity index (χ1v) is 10.8. The summed E-state index contributed by atoms with van der Waals surface area (Å²) in [6.45, 7) is 0.990. The molecule has 2 heterocycles. The summed E-state index contributed by atoms with van der Waals surface area (Å²) in [4.78, 5) is 16.2. The molecule has 1 atom stereocenters. The van der Waals surface area contributed by atoms with Gasteiger partial charge in [-0.3, -0.25) is 9.69 Å². The Labute approximate surface area is 185 Å². The molecule has 1 N–H and O–H groups in total. The first-order valence-electron chi connectivity index (χ1n) is 9.95. The Bertz CT molecular complexity index is 1120. The fourth-order valence-corrected chi connectivity index (χ4v) is 4.88. The van der Waals surface area contributed by atoms with E-state index in [9.17, 15) is 4.79 Å². The molecule has 158 valence electrons. The van der Waals surface area contributed by atoms with Crippen molar-refractivity contribution in [1.29, 1.82) is 5.26 Å². The van der Waals surface area contributed by atoms with Crippen molar-refractivity contribution in [3.8, 4) is 17.6 Å². The van der Waals surface area contributed by atoms with Crippen molar-refractivity contribution in [2.75, 3.05) is 32.6 Å². The number of carbonyl (C=O) groups excluding carboxylic acids is 1. The highest BCUT2D eigenvalue weighted by Crippen LogP contribution is 2.42. The molecule has 0 aliphatic carbocycles. The SMILES string of the molecule is COc1cc2c(cc1OC)[C@H](c1cccs1)N(CC(=O)Nc1cccc(C#N)c1)CC2. The van der Waals surface area contributed by atoms with Crippen LogP contribution in [0.15, 0.2) is 53.9 Å². The van der Waals surface area contributed by atoms with Crippen LogP contribution in [-0.4, -0.2) is 38.1 Å². The van der Waals surface area contributed by atoms with E-state index in [0.29, 0.717) is 17.0 Å². The number of rotatable bonds is 6. The largest absolute Gasteiger partial charge is 0.493 e. The van der Waals surface area contributed by atoms with Gasteiger partial charge in [-0.15, -0.1) is 11.3 Å². The summed E-state index contributed by atoms with van der Waals surface area (Å²) < 4.78 is 11.0. The number of methoxy groups -OCH3 is 2. The molecule has 0 radical (unpaired) electrons. The summed E-state index contributed by atoms with van der Waals surface area (Å²) in [7, 11) is 3.27. The number of hydrogen-bond acceptors (Lipinski definition) is 6. The number of carbonyl (C=O) groups is 1. The summed E-state index contributed by atoms with van der Waals surface area (Å²) in [6, 6.07) is 17.2. The van der Waals surface area contributed by atoms with Crippen molar-refractivity contribution in [3.63, 3.8) is 0 Å². The van der Waals surface area contributed by atoms with Crippen LogP contribution in [0.3, 0.4) is 0 Å². The maximum atomic E-state index is 12.9. The first-order chi connectivity index (χ1) is 15.1. The third kappa shape index (κ3) is 4.41. The molecule has 6 nitrogen and oxygen atoms in total. The molecule has 7 heteroatoms. The average Bonchev–Trinajstić information content (AvgIpc) is 3.32. The van der Waals surface area contributed by atoms with E-state index in [4.69, 9.17) is 14.7 Å². The van der Waals surface area contributed by atoms with Crippen LogP contribution < -0.4 is 14.8 Å². The molecule has 1 aliphatic rings. The topological polar surface area (TPSA) is 74.6 Å². The predicted octanol–water partition coefficient (Wildman–Crippen LogP) is 4.22. The van der Waals surface area contributed by atoms with Crippen LogP contribution in [0.4, 0.5) is 5.69 Å². The van der Waals surface area contributed by atoms with Gasteiger partial charge in [0.2, 0.25) is 5.91 Å². The van der Waals surface area contributed by atoms with Crippen LogP contribution in [0, 0.1) is 11.3 Å². The van der Waals surface area contributed by atoms with Gasteiger partial charge in [-0.05, 0) is 59.3 Å². The lowest BCUT2D eigenvalue weighted by atomic mass is 9.91. The normalized spacial score (nSPS) is 15.6. The lowest BCUT2D eigenvalue weighted by Gasteiger charge is -2.37. The molecular weight excluding hydrogens is 410 g/mol. The van der Waals surface area contributed by atoms with Gasteiger partial charge < -0.3 is 14.8 Å². The number of anilines is 1. The fraction of sp³-hybridized carbons (Fsp3) is 0.250. The molecule has 4 rings (SSSR count). The summed E-state index contributed by atoms with van der Waals surface area (Å²) in [5.41, 5.74) is 3.47. The van der Waals surface area contributed by atoms with Gasteiger partial charge in [0.25, 0.3) is 0 Å². The smallest absolute Gasteiger partial charge is 0.238 e. The minimum Gasteiger partial charge on any atom is -0.493 e. The lowest BCUT2D eigenvalue weighted by molar-refractivity contribution is -0.117. The number of benzene rings is 2. The molecule has 0 bridgehead atoms. The van der Waals surface area contributed by atoms with Crippen LogP contribution in [-0.2, 0) is 11.2 Å². The molecule has 31 heavy (non-hydrogen) atoms. The van der Waals surface area contributed by atoms with Crippen LogP contribution >= 0.6 is 11.3 Å². The Morgan fingerprint density at radius 3 is 2.71 bits per heavy atom. The zero-order chi connectivity index (χ0) is 21.8.